The van der Waals surface area contributed by atoms with Gasteiger partial charge >= 0.3 is 0 Å². The first-order chi connectivity index (χ1) is 15.3. The average Bonchev–Trinajstić information content (AvgIpc) is 2.75. The Balaban J connectivity index is 2.19. The van der Waals surface area contributed by atoms with Gasteiger partial charge in [0.2, 0.25) is 0 Å². The van der Waals surface area contributed by atoms with Crippen LogP contribution in [0.4, 0.5) is 0 Å². The van der Waals surface area contributed by atoms with Crippen LogP contribution in [-0.4, -0.2) is 35.8 Å². The summed E-state index contributed by atoms with van der Waals surface area (Å²) in [5, 5.41) is -0.126. The topological polar surface area (TPSA) is 77.5 Å². The Morgan fingerprint density at radius 1 is 0.758 bits per heavy atom. The van der Waals surface area contributed by atoms with Crippen LogP contribution in [-0.2, 0) is 24.1 Å². The minimum atomic E-state index is -4.27. The summed E-state index contributed by atoms with van der Waals surface area (Å²) >= 11 is 0. The highest BCUT2D eigenvalue weighted by Crippen LogP contribution is 2.41. The monoisotopic (exact) mass is 504 g/mol. The van der Waals surface area contributed by atoms with E-state index in [0.717, 1.165) is 0 Å². The molecule has 0 amide bonds. The van der Waals surface area contributed by atoms with Crippen LogP contribution in [0.3, 0.4) is 0 Å². The molecule has 0 saturated carbocycles. The van der Waals surface area contributed by atoms with Crippen LogP contribution >= 0.6 is 0 Å². The summed E-state index contributed by atoms with van der Waals surface area (Å²) in [5.74, 6) is -0.903. The SMILES string of the molecule is CC(C)(C)[Si](C)(C)O[C@@H]1C=CC=C[C@H]1C(S(=O)(=O)c1ccccc1)S(=O)(=O)c1ccccc1. The van der Waals surface area contributed by atoms with Gasteiger partial charge in [-0.15, -0.1) is 0 Å². The molecule has 2 aromatic carbocycles. The molecular weight excluding hydrogens is 472 g/mol. The van der Waals surface area contributed by atoms with E-state index in [0.29, 0.717) is 0 Å². The lowest BCUT2D eigenvalue weighted by Crippen LogP contribution is -2.49. The fourth-order valence-electron chi connectivity index (χ4n) is 3.55. The van der Waals surface area contributed by atoms with Crippen LogP contribution in [0.5, 0.6) is 0 Å². The van der Waals surface area contributed by atoms with E-state index in [9.17, 15) is 16.8 Å². The van der Waals surface area contributed by atoms with Crippen molar-refractivity contribution in [1.29, 1.82) is 0 Å². The quantitative estimate of drug-likeness (QED) is 0.472. The molecule has 0 radical (unpaired) electrons. The van der Waals surface area contributed by atoms with Crippen molar-refractivity contribution in [2.75, 3.05) is 0 Å². The predicted molar refractivity (Wildman–Crippen MR) is 135 cm³/mol. The van der Waals surface area contributed by atoms with E-state index >= 15 is 0 Å². The van der Waals surface area contributed by atoms with Gasteiger partial charge in [-0.1, -0.05) is 81.5 Å². The second-order valence-electron chi connectivity index (χ2n) is 9.77. The summed E-state index contributed by atoms with van der Waals surface area (Å²) in [7, 11) is -10.9. The summed E-state index contributed by atoms with van der Waals surface area (Å²) in [4.78, 5) is -0.0490. The number of hydrogen-bond donors (Lipinski definition) is 0. The van der Waals surface area contributed by atoms with Gasteiger partial charge in [-0.3, -0.25) is 0 Å². The van der Waals surface area contributed by atoms with E-state index in [1.165, 1.54) is 24.3 Å². The minimum absolute atomic E-state index is 0.0245. The molecule has 0 saturated heterocycles. The van der Waals surface area contributed by atoms with E-state index in [4.69, 9.17) is 4.43 Å². The van der Waals surface area contributed by atoms with Crippen LogP contribution in [0.1, 0.15) is 20.8 Å². The zero-order valence-corrected chi connectivity index (χ0v) is 22.3. The lowest BCUT2D eigenvalue weighted by Gasteiger charge is -2.41. The zero-order valence-electron chi connectivity index (χ0n) is 19.7. The predicted octanol–water partition coefficient (Wildman–Crippen LogP) is 5.39. The lowest BCUT2D eigenvalue weighted by molar-refractivity contribution is 0.185. The number of benzene rings is 2. The number of rotatable bonds is 7. The Hall–Kier alpha value is -2.00. The van der Waals surface area contributed by atoms with Crippen molar-refractivity contribution in [2.45, 2.75) is 59.4 Å². The normalized spacial score (nSPS) is 19.7. The van der Waals surface area contributed by atoms with Crippen molar-refractivity contribution in [3.63, 3.8) is 0 Å². The van der Waals surface area contributed by atoms with E-state index in [-0.39, 0.29) is 14.8 Å². The summed E-state index contributed by atoms with van der Waals surface area (Å²) in [5.41, 5.74) is 0. The van der Waals surface area contributed by atoms with Gasteiger partial charge in [0.1, 0.15) is 0 Å². The molecule has 0 N–H and O–H groups in total. The van der Waals surface area contributed by atoms with Gasteiger partial charge in [0, 0.05) is 5.92 Å². The van der Waals surface area contributed by atoms with Gasteiger partial charge in [-0.25, -0.2) is 16.8 Å². The molecule has 0 aromatic heterocycles. The van der Waals surface area contributed by atoms with Crippen molar-refractivity contribution in [3.8, 4) is 0 Å². The molecular formula is C25H32O5S2Si. The second kappa shape index (κ2) is 9.33. The van der Waals surface area contributed by atoms with Crippen molar-refractivity contribution in [3.05, 3.63) is 85.0 Å². The summed E-state index contributed by atoms with van der Waals surface area (Å²) < 4.78 is 60.4. The Kier molecular flexibility index (Phi) is 7.24. The Bertz CT molecular complexity index is 1160. The molecule has 8 heteroatoms. The molecule has 1 aliphatic carbocycles. The smallest absolute Gasteiger partial charge is 0.196 e. The van der Waals surface area contributed by atoms with Gasteiger partial charge in [0.05, 0.1) is 15.9 Å². The lowest BCUT2D eigenvalue weighted by atomic mass is 10.00. The molecule has 0 bridgehead atoms. The first-order valence-corrected chi connectivity index (χ1v) is 16.9. The fourth-order valence-corrected chi connectivity index (χ4v) is 9.75. The van der Waals surface area contributed by atoms with Crippen molar-refractivity contribution >= 4 is 28.0 Å². The van der Waals surface area contributed by atoms with Gasteiger partial charge in [-0.05, 0) is 42.4 Å². The Morgan fingerprint density at radius 3 is 1.61 bits per heavy atom. The number of hydrogen-bond acceptors (Lipinski definition) is 5. The van der Waals surface area contributed by atoms with Crippen LogP contribution in [0.25, 0.3) is 0 Å². The zero-order chi connectivity index (χ0) is 24.5. The Morgan fingerprint density at radius 2 is 1.18 bits per heavy atom. The molecule has 0 aliphatic heterocycles. The Labute approximate surface area is 199 Å². The molecule has 0 heterocycles. The molecule has 0 spiro atoms. The van der Waals surface area contributed by atoms with Crippen LogP contribution in [0, 0.1) is 5.92 Å². The summed E-state index contributed by atoms with van der Waals surface area (Å²) in [6, 6.07) is 15.5. The molecule has 33 heavy (non-hydrogen) atoms. The van der Waals surface area contributed by atoms with E-state index in [1.807, 2.05) is 0 Å². The molecule has 3 rings (SSSR count). The third-order valence-corrected chi connectivity index (χ3v) is 16.1. The van der Waals surface area contributed by atoms with Gasteiger partial charge in [-0.2, -0.15) is 0 Å². The van der Waals surface area contributed by atoms with Gasteiger partial charge < -0.3 is 4.43 Å². The summed E-state index contributed by atoms with van der Waals surface area (Å²) in [6.45, 7) is 10.4. The maximum atomic E-state index is 13.9. The van der Waals surface area contributed by atoms with Gasteiger partial charge in [0.15, 0.2) is 32.6 Å². The second-order valence-corrected chi connectivity index (χ2v) is 19.0. The van der Waals surface area contributed by atoms with Crippen LogP contribution < -0.4 is 0 Å². The third-order valence-electron chi connectivity index (χ3n) is 6.43. The molecule has 178 valence electrons. The number of allylic oxidation sites excluding steroid dienone is 2. The standard InChI is InChI=1S/C25H32O5S2Si/c1-25(2,3)33(4,5)30-23-19-13-12-18-22(23)24(31(26,27)20-14-8-6-9-15-20)32(28,29)21-16-10-7-11-17-21/h6-19,22-24H,1-5H3/t22-,23-/m1/s1. The molecule has 1 aliphatic rings. The maximum Gasteiger partial charge on any atom is 0.196 e. The van der Waals surface area contributed by atoms with Crippen molar-refractivity contribution < 1.29 is 21.3 Å². The van der Waals surface area contributed by atoms with Crippen molar-refractivity contribution in [2.24, 2.45) is 5.92 Å². The third kappa shape index (κ3) is 5.24. The summed E-state index contributed by atoms with van der Waals surface area (Å²) in [6.07, 6.45) is 6.24. The largest absolute Gasteiger partial charge is 0.410 e. The minimum Gasteiger partial charge on any atom is -0.410 e. The van der Waals surface area contributed by atoms with Gasteiger partial charge in [0.25, 0.3) is 0 Å². The molecule has 2 atom stereocenters. The molecule has 5 nitrogen and oxygen atoms in total. The molecule has 0 unspecified atom stereocenters. The molecule has 0 fully saturated rings. The first-order valence-electron chi connectivity index (χ1n) is 10.9. The highest BCUT2D eigenvalue weighted by molar-refractivity contribution is 8.09. The fraction of sp³-hybridized carbons (Fsp3) is 0.360. The van der Waals surface area contributed by atoms with E-state index in [2.05, 4.69) is 33.9 Å². The first kappa shape index (κ1) is 25.6. The van der Waals surface area contributed by atoms with Crippen LogP contribution in [0.15, 0.2) is 94.8 Å². The van der Waals surface area contributed by atoms with E-state index in [1.54, 1.807) is 60.7 Å². The van der Waals surface area contributed by atoms with Crippen LogP contribution in [0.2, 0.25) is 18.1 Å². The number of sulfone groups is 2. The maximum absolute atomic E-state index is 13.9. The van der Waals surface area contributed by atoms with E-state index < -0.39 is 44.6 Å². The highest BCUT2D eigenvalue weighted by Gasteiger charge is 2.49. The van der Waals surface area contributed by atoms with Crippen molar-refractivity contribution in [1.82, 2.24) is 0 Å². The molecule has 2 aromatic rings. The average molecular weight is 505 g/mol. The highest BCUT2D eigenvalue weighted by atomic mass is 32.3.